The van der Waals surface area contributed by atoms with Gasteiger partial charge < -0.3 is 16.4 Å². The van der Waals surface area contributed by atoms with Crippen molar-refractivity contribution >= 4 is 11.8 Å². The highest BCUT2D eigenvalue weighted by molar-refractivity contribution is 5.79. The summed E-state index contributed by atoms with van der Waals surface area (Å²) in [5.41, 5.74) is 10.9. The zero-order valence-electron chi connectivity index (χ0n) is 12.0. The van der Waals surface area contributed by atoms with E-state index < -0.39 is 0 Å². The van der Waals surface area contributed by atoms with Gasteiger partial charge in [-0.3, -0.25) is 14.5 Å². The fourth-order valence-corrected chi connectivity index (χ4v) is 2.46. The van der Waals surface area contributed by atoms with Gasteiger partial charge in [0.05, 0.1) is 12.5 Å². The maximum atomic E-state index is 12.4. The van der Waals surface area contributed by atoms with Crippen LogP contribution in [0.3, 0.4) is 0 Å². The summed E-state index contributed by atoms with van der Waals surface area (Å²) in [7, 11) is 0. The van der Waals surface area contributed by atoms with E-state index in [0.29, 0.717) is 19.6 Å². The van der Waals surface area contributed by atoms with Gasteiger partial charge in [0.25, 0.3) is 0 Å². The number of nitrogens with two attached hydrogens (primary N) is 2. The van der Waals surface area contributed by atoms with E-state index in [4.69, 9.17) is 11.5 Å². The Balaban J connectivity index is 2.56. The van der Waals surface area contributed by atoms with E-state index in [2.05, 4.69) is 0 Å². The Bertz CT molecular complexity index is 320. The minimum atomic E-state index is -0.318. The van der Waals surface area contributed by atoms with Crippen LogP contribution in [0, 0.1) is 11.8 Å². The Labute approximate surface area is 115 Å². The molecule has 0 bridgehead atoms. The highest BCUT2D eigenvalue weighted by atomic mass is 16.2. The van der Waals surface area contributed by atoms with Gasteiger partial charge in [-0.25, -0.2) is 0 Å². The maximum absolute atomic E-state index is 12.4. The van der Waals surface area contributed by atoms with Crippen LogP contribution in [0.5, 0.6) is 0 Å². The molecule has 19 heavy (non-hydrogen) atoms. The van der Waals surface area contributed by atoms with Crippen LogP contribution in [-0.2, 0) is 9.59 Å². The second-order valence-corrected chi connectivity index (χ2v) is 5.51. The molecule has 0 aromatic carbocycles. The monoisotopic (exact) mass is 270 g/mol. The first-order valence-corrected chi connectivity index (χ1v) is 6.95. The molecule has 1 heterocycles. The van der Waals surface area contributed by atoms with Gasteiger partial charge in [-0.15, -0.1) is 0 Å². The lowest BCUT2D eigenvalue weighted by Gasteiger charge is -2.27. The summed E-state index contributed by atoms with van der Waals surface area (Å²) in [6.45, 7) is 7.59. The number of amides is 2. The first-order chi connectivity index (χ1) is 8.95. The molecule has 1 aliphatic heterocycles. The van der Waals surface area contributed by atoms with Gasteiger partial charge in [-0.1, -0.05) is 13.8 Å². The molecule has 0 aromatic heterocycles. The number of nitrogens with zero attached hydrogens (tertiary/aromatic N) is 2. The first kappa shape index (κ1) is 15.9. The second-order valence-electron chi connectivity index (χ2n) is 5.51. The van der Waals surface area contributed by atoms with Crippen molar-refractivity contribution in [3.05, 3.63) is 0 Å². The maximum Gasteiger partial charge on any atom is 0.231 e. The molecule has 0 spiro atoms. The SMILES string of the molecule is CC(C)C(CN)C(=O)N1CCCN(CC(N)=O)CC1. The quantitative estimate of drug-likeness (QED) is 0.686. The Morgan fingerprint density at radius 3 is 2.37 bits per heavy atom. The first-order valence-electron chi connectivity index (χ1n) is 6.95. The summed E-state index contributed by atoms with van der Waals surface area (Å²) in [5, 5.41) is 0. The average Bonchev–Trinajstić information content (AvgIpc) is 2.54. The number of primary amides is 1. The van der Waals surface area contributed by atoms with E-state index in [9.17, 15) is 9.59 Å². The van der Waals surface area contributed by atoms with E-state index in [0.717, 1.165) is 19.5 Å². The molecule has 1 rings (SSSR count). The van der Waals surface area contributed by atoms with Crippen molar-refractivity contribution in [3.8, 4) is 0 Å². The Morgan fingerprint density at radius 1 is 1.16 bits per heavy atom. The van der Waals surface area contributed by atoms with Gasteiger partial charge in [-0.05, 0) is 12.3 Å². The van der Waals surface area contributed by atoms with Gasteiger partial charge in [0, 0.05) is 32.7 Å². The van der Waals surface area contributed by atoms with Crippen molar-refractivity contribution in [2.75, 3.05) is 39.3 Å². The molecule has 0 aliphatic carbocycles. The number of hydrogen-bond donors (Lipinski definition) is 2. The van der Waals surface area contributed by atoms with Gasteiger partial charge in [0.2, 0.25) is 11.8 Å². The van der Waals surface area contributed by atoms with Crippen molar-refractivity contribution in [2.24, 2.45) is 23.3 Å². The van der Waals surface area contributed by atoms with Crippen molar-refractivity contribution in [3.63, 3.8) is 0 Å². The van der Waals surface area contributed by atoms with Crippen LogP contribution in [0.1, 0.15) is 20.3 Å². The second kappa shape index (κ2) is 7.45. The van der Waals surface area contributed by atoms with Crippen LogP contribution in [0.2, 0.25) is 0 Å². The lowest BCUT2D eigenvalue weighted by atomic mass is 9.94. The summed E-state index contributed by atoms with van der Waals surface area (Å²) in [5.74, 6) is -0.0367. The largest absolute Gasteiger partial charge is 0.369 e. The molecule has 1 unspecified atom stereocenters. The number of carbonyl (C=O) groups is 2. The molecule has 4 N–H and O–H groups in total. The summed E-state index contributed by atoms with van der Waals surface area (Å²) in [6.07, 6.45) is 0.869. The van der Waals surface area contributed by atoms with E-state index in [1.807, 2.05) is 23.6 Å². The highest BCUT2D eigenvalue weighted by Crippen LogP contribution is 2.14. The Hall–Kier alpha value is -1.14. The molecule has 0 aromatic rings. The molecule has 1 atom stereocenters. The lowest BCUT2D eigenvalue weighted by molar-refractivity contribution is -0.136. The van der Waals surface area contributed by atoms with Crippen LogP contribution in [0.4, 0.5) is 0 Å². The number of carbonyl (C=O) groups excluding carboxylic acids is 2. The van der Waals surface area contributed by atoms with Gasteiger partial charge in [0.1, 0.15) is 0 Å². The molecular weight excluding hydrogens is 244 g/mol. The van der Waals surface area contributed by atoms with E-state index in [1.165, 1.54) is 0 Å². The zero-order chi connectivity index (χ0) is 14.4. The van der Waals surface area contributed by atoms with E-state index in [1.54, 1.807) is 0 Å². The Morgan fingerprint density at radius 2 is 1.84 bits per heavy atom. The number of hydrogen-bond acceptors (Lipinski definition) is 4. The minimum absolute atomic E-state index is 0.109. The van der Waals surface area contributed by atoms with Crippen molar-refractivity contribution < 1.29 is 9.59 Å². The summed E-state index contributed by atoms with van der Waals surface area (Å²) < 4.78 is 0. The third kappa shape index (κ3) is 4.80. The van der Waals surface area contributed by atoms with Crippen LogP contribution in [0.25, 0.3) is 0 Å². The van der Waals surface area contributed by atoms with Gasteiger partial charge in [0.15, 0.2) is 0 Å². The molecular formula is C13H26N4O2. The van der Waals surface area contributed by atoms with Gasteiger partial charge in [-0.2, -0.15) is 0 Å². The normalized spacial score (nSPS) is 19.3. The molecule has 2 amide bonds. The van der Waals surface area contributed by atoms with E-state index >= 15 is 0 Å². The third-order valence-corrected chi connectivity index (χ3v) is 3.66. The smallest absolute Gasteiger partial charge is 0.231 e. The Kier molecular flexibility index (Phi) is 6.24. The van der Waals surface area contributed by atoms with Crippen LogP contribution in [0.15, 0.2) is 0 Å². The molecule has 1 aliphatic rings. The zero-order valence-corrected chi connectivity index (χ0v) is 12.0. The lowest BCUT2D eigenvalue weighted by Crippen LogP contribution is -2.43. The average molecular weight is 270 g/mol. The van der Waals surface area contributed by atoms with Crippen molar-refractivity contribution in [1.29, 1.82) is 0 Å². The number of rotatable bonds is 5. The van der Waals surface area contributed by atoms with Crippen LogP contribution >= 0.6 is 0 Å². The molecule has 110 valence electrons. The van der Waals surface area contributed by atoms with Crippen LogP contribution < -0.4 is 11.5 Å². The molecule has 1 saturated heterocycles. The van der Waals surface area contributed by atoms with Crippen LogP contribution in [-0.4, -0.2) is 60.9 Å². The standard InChI is InChI=1S/C13H26N4O2/c1-10(2)11(8-14)13(19)17-5-3-4-16(6-7-17)9-12(15)18/h10-11H,3-9,14H2,1-2H3,(H2,15,18). The molecule has 6 heteroatoms. The van der Waals surface area contributed by atoms with Crippen molar-refractivity contribution in [2.45, 2.75) is 20.3 Å². The molecule has 6 nitrogen and oxygen atoms in total. The highest BCUT2D eigenvalue weighted by Gasteiger charge is 2.27. The summed E-state index contributed by atoms with van der Waals surface area (Å²) in [4.78, 5) is 27.2. The topological polar surface area (TPSA) is 92.7 Å². The van der Waals surface area contributed by atoms with Crippen molar-refractivity contribution in [1.82, 2.24) is 9.80 Å². The predicted molar refractivity (Wildman–Crippen MR) is 74.2 cm³/mol. The molecule has 0 saturated carbocycles. The molecule has 1 fully saturated rings. The predicted octanol–water partition coefficient (Wildman–Crippen LogP) is -0.763. The minimum Gasteiger partial charge on any atom is -0.369 e. The van der Waals surface area contributed by atoms with E-state index in [-0.39, 0.29) is 30.2 Å². The van der Waals surface area contributed by atoms with Gasteiger partial charge >= 0.3 is 0 Å². The summed E-state index contributed by atoms with van der Waals surface area (Å²) in [6, 6.07) is 0. The molecule has 0 radical (unpaired) electrons. The fraction of sp³-hybridized carbons (Fsp3) is 0.846. The third-order valence-electron chi connectivity index (χ3n) is 3.66. The fourth-order valence-electron chi connectivity index (χ4n) is 2.46. The summed E-state index contributed by atoms with van der Waals surface area (Å²) >= 11 is 0.